The molecule has 0 saturated carbocycles. The summed E-state index contributed by atoms with van der Waals surface area (Å²) in [6.45, 7) is 7.20. The number of rotatable bonds is 68. The van der Waals surface area contributed by atoms with E-state index in [-0.39, 0.29) is 25.7 Å². The van der Waals surface area contributed by atoms with Crippen molar-refractivity contribution in [2.45, 2.75) is 368 Å². The van der Waals surface area contributed by atoms with E-state index in [9.17, 15) is 43.2 Å². The van der Waals surface area contributed by atoms with Gasteiger partial charge in [-0.2, -0.15) is 0 Å². The van der Waals surface area contributed by atoms with Crippen LogP contribution in [0, 0.1) is 5.92 Å². The Balaban J connectivity index is 5.10. The second-order valence-corrected chi connectivity index (χ2v) is 27.9. The maximum atomic E-state index is 13.0. The van der Waals surface area contributed by atoms with Crippen molar-refractivity contribution in [1.29, 1.82) is 0 Å². The molecular formula is C68H132O17P2. The van der Waals surface area contributed by atoms with Gasteiger partial charge in [-0.25, -0.2) is 9.13 Å². The molecule has 0 bridgehead atoms. The summed E-state index contributed by atoms with van der Waals surface area (Å²) in [7, 11) is -9.88. The molecule has 0 heterocycles. The molecule has 0 aliphatic heterocycles. The highest BCUT2D eigenvalue weighted by atomic mass is 31.2. The minimum atomic E-state index is -4.95. The second kappa shape index (κ2) is 61.6. The molecule has 87 heavy (non-hydrogen) atoms. The van der Waals surface area contributed by atoms with Crippen LogP contribution in [0.2, 0.25) is 0 Å². The van der Waals surface area contributed by atoms with Gasteiger partial charge >= 0.3 is 39.5 Å². The summed E-state index contributed by atoms with van der Waals surface area (Å²) in [5, 5.41) is 10.5. The topological polar surface area (TPSA) is 237 Å². The number of aliphatic hydroxyl groups is 1. The molecule has 0 amide bonds. The summed E-state index contributed by atoms with van der Waals surface area (Å²) in [5.74, 6) is -1.31. The Morgan fingerprint density at radius 3 is 0.782 bits per heavy atom. The van der Waals surface area contributed by atoms with Crippen molar-refractivity contribution in [2.75, 3.05) is 39.6 Å². The number of phosphoric acid groups is 2. The fourth-order valence-corrected chi connectivity index (χ4v) is 11.9. The van der Waals surface area contributed by atoms with E-state index in [1.807, 2.05) is 0 Å². The second-order valence-electron chi connectivity index (χ2n) is 25.0. The Hall–Kier alpha value is -1.94. The third-order valence-corrected chi connectivity index (χ3v) is 17.7. The lowest BCUT2D eigenvalue weighted by molar-refractivity contribution is -0.161. The first-order valence-corrected chi connectivity index (χ1v) is 38.6. The van der Waals surface area contributed by atoms with E-state index in [0.717, 1.165) is 109 Å². The highest BCUT2D eigenvalue weighted by Crippen LogP contribution is 2.45. The first-order valence-electron chi connectivity index (χ1n) is 35.6. The lowest BCUT2D eigenvalue weighted by Crippen LogP contribution is -2.30. The van der Waals surface area contributed by atoms with Crippen LogP contribution in [0.15, 0.2) is 0 Å². The van der Waals surface area contributed by atoms with Crippen molar-refractivity contribution in [3.63, 3.8) is 0 Å². The SMILES string of the molecule is CCCCCCCCCCCCC(=O)OC[C@H](COP(=O)(O)OC[C@@H](O)COP(=O)(O)OC[C@@H](COC(=O)CCCCCCCCCC)OC(=O)CCCCCCCCCC)OC(=O)CCCCCCCCCCCCCCCCCCCCC(C)C. The van der Waals surface area contributed by atoms with Gasteiger partial charge in [0.25, 0.3) is 0 Å². The molecule has 0 fully saturated rings. The van der Waals surface area contributed by atoms with Crippen LogP contribution in [0.4, 0.5) is 0 Å². The van der Waals surface area contributed by atoms with E-state index in [1.165, 1.54) is 161 Å². The molecule has 0 rings (SSSR count). The van der Waals surface area contributed by atoms with Crippen LogP contribution in [-0.2, 0) is 65.4 Å². The number of carbonyl (C=O) groups excluding carboxylic acids is 4. The molecule has 0 aliphatic rings. The van der Waals surface area contributed by atoms with Crippen LogP contribution >= 0.6 is 15.6 Å². The zero-order chi connectivity index (χ0) is 64.2. The number of hydrogen-bond acceptors (Lipinski definition) is 15. The largest absolute Gasteiger partial charge is 0.472 e. The first kappa shape index (κ1) is 85.1. The fourth-order valence-electron chi connectivity index (χ4n) is 10.3. The van der Waals surface area contributed by atoms with Crippen LogP contribution in [-0.4, -0.2) is 96.7 Å². The summed E-state index contributed by atoms with van der Waals surface area (Å²) in [6.07, 6.45) is 47.4. The molecule has 0 aromatic heterocycles. The van der Waals surface area contributed by atoms with Crippen molar-refractivity contribution in [1.82, 2.24) is 0 Å². The van der Waals surface area contributed by atoms with Gasteiger partial charge in [-0.3, -0.25) is 37.3 Å². The van der Waals surface area contributed by atoms with Gasteiger partial charge in [0, 0.05) is 25.7 Å². The van der Waals surface area contributed by atoms with Crippen molar-refractivity contribution in [3.8, 4) is 0 Å². The van der Waals surface area contributed by atoms with E-state index in [0.29, 0.717) is 25.7 Å². The van der Waals surface area contributed by atoms with Gasteiger partial charge in [0.2, 0.25) is 0 Å². The molecule has 19 heteroatoms. The smallest absolute Gasteiger partial charge is 0.462 e. The molecule has 0 spiro atoms. The van der Waals surface area contributed by atoms with Gasteiger partial charge in [0.05, 0.1) is 26.4 Å². The predicted octanol–water partition coefficient (Wildman–Crippen LogP) is 19.4. The van der Waals surface area contributed by atoms with Crippen molar-refractivity contribution < 1.29 is 80.2 Å². The van der Waals surface area contributed by atoms with E-state index < -0.39 is 97.5 Å². The third-order valence-electron chi connectivity index (χ3n) is 15.8. The van der Waals surface area contributed by atoms with Crippen molar-refractivity contribution >= 4 is 39.5 Å². The third kappa shape index (κ3) is 62.6. The molecular weight excluding hydrogens is 1150 g/mol. The molecule has 0 aromatic carbocycles. The minimum absolute atomic E-state index is 0.105. The van der Waals surface area contributed by atoms with E-state index in [2.05, 4.69) is 34.6 Å². The minimum Gasteiger partial charge on any atom is -0.462 e. The van der Waals surface area contributed by atoms with E-state index in [1.54, 1.807) is 0 Å². The molecule has 0 aromatic rings. The average molecular weight is 1280 g/mol. The van der Waals surface area contributed by atoms with Crippen LogP contribution in [0.3, 0.4) is 0 Å². The van der Waals surface area contributed by atoms with Gasteiger partial charge in [0.1, 0.15) is 19.3 Å². The molecule has 0 radical (unpaired) electrons. The highest BCUT2D eigenvalue weighted by Gasteiger charge is 2.30. The number of aliphatic hydroxyl groups excluding tert-OH is 1. The van der Waals surface area contributed by atoms with Crippen LogP contribution < -0.4 is 0 Å². The maximum Gasteiger partial charge on any atom is 0.472 e. The molecule has 17 nitrogen and oxygen atoms in total. The number of ether oxygens (including phenoxy) is 4. The molecule has 0 aliphatic carbocycles. The summed E-state index contributed by atoms with van der Waals surface area (Å²) < 4.78 is 68.0. The Morgan fingerprint density at radius 1 is 0.310 bits per heavy atom. The van der Waals surface area contributed by atoms with Crippen molar-refractivity contribution in [2.24, 2.45) is 5.92 Å². The average Bonchev–Trinajstić information content (AvgIpc) is 3.70. The number of unbranched alkanes of at least 4 members (excludes halogenated alkanes) is 40. The Kier molecular flexibility index (Phi) is 60.2. The Bertz CT molecular complexity index is 1690. The standard InChI is InChI=1S/C68H132O17P2/c1-6-9-12-15-18-21-33-38-42-47-52-66(71)79-58-64(85-68(73)54-49-44-39-34-31-29-27-25-23-22-24-26-28-30-32-35-40-45-50-61(4)5)60-83-87(76,77)81-56-62(69)55-80-86(74,75)82-59-63(84-67(72)53-48-43-37-20-17-14-11-8-3)57-78-65(70)51-46-41-36-19-16-13-10-7-2/h61-64,69H,6-60H2,1-5H3,(H,74,75)(H,76,77)/t62-,63+,64+/m0/s1. The van der Waals surface area contributed by atoms with E-state index in [4.69, 9.17) is 37.0 Å². The molecule has 0 saturated heterocycles. The Labute approximate surface area is 530 Å². The lowest BCUT2D eigenvalue weighted by atomic mass is 10.0. The van der Waals surface area contributed by atoms with Crippen LogP contribution in [0.5, 0.6) is 0 Å². The zero-order valence-corrected chi connectivity index (χ0v) is 57.9. The van der Waals surface area contributed by atoms with Gasteiger partial charge < -0.3 is 33.8 Å². The molecule has 5 atom stereocenters. The number of carbonyl (C=O) groups is 4. The normalized spacial score (nSPS) is 14.1. The monoisotopic (exact) mass is 1280 g/mol. The highest BCUT2D eigenvalue weighted by molar-refractivity contribution is 7.47. The van der Waals surface area contributed by atoms with Crippen molar-refractivity contribution in [3.05, 3.63) is 0 Å². The Morgan fingerprint density at radius 2 is 0.529 bits per heavy atom. The summed E-state index contributed by atoms with van der Waals surface area (Å²) >= 11 is 0. The molecule has 516 valence electrons. The van der Waals surface area contributed by atoms with Gasteiger partial charge in [-0.05, 0) is 31.6 Å². The van der Waals surface area contributed by atoms with Gasteiger partial charge in [-0.15, -0.1) is 0 Å². The van der Waals surface area contributed by atoms with Crippen LogP contribution in [0.25, 0.3) is 0 Å². The molecule has 3 N–H and O–H groups in total. The summed E-state index contributed by atoms with van der Waals surface area (Å²) in [5.41, 5.74) is 0. The van der Waals surface area contributed by atoms with Gasteiger partial charge in [-0.1, -0.05) is 298 Å². The zero-order valence-electron chi connectivity index (χ0n) is 56.2. The summed E-state index contributed by atoms with van der Waals surface area (Å²) in [6, 6.07) is 0. The molecule has 2 unspecified atom stereocenters. The predicted molar refractivity (Wildman–Crippen MR) is 349 cm³/mol. The lowest BCUT2D eigenvalue weighted by Gasteiger charge is -2.21. The summed E-state index contributed by atoms with van der Waals surface area (Å²) in [4.78, 5) is 72.2. The fraction of sp³-hybridized carbons (Fsp3) is 0.941. The van der Waals surface area contributed by atoms with Gasteiger partial charge in [0.15, 0.2) is 12.2 Å². The van der Waals surface area contributed by atoms with Crippen LogP contribution in [0.1, 0.15) is 349 Å². The maximum absolute atomic E-state index is 13.0. The number of hydrogen-bond donors (Lipinski definition) is 3. The van der Waals surface area contributed by atoms with E-state index >= 15 is 0 Å². The quantitative estimate of drug-likeness (QED) is 0.0222. The first-order chi connectivity index (χ1) is 42.0. The number of phosphoric ester groups is 2. The number of esters is 4.